The number of hydrogen-bond donors (Lipinski definition) is 3. The fourth-order valence-electron chi connectivity index (χ4n) is 4.97. The molecule has 8 heteroatoms. The quantitative estimate of drug-likeness (QED) is 0.504. The summed E-state index contributed by atoms with van der Waals surface area (Å²) in [6, 6.07) is 16.3. The van der Waals surface area contributed by atoms with E-state index in [4.69, 9.17) is 9.47 Å². The molecule has 2 amide bonds. The van der Waals surface area contributed by atoms with E-state index in [1.54, 1.807) is 6.92 Å². The number of benzene rings is 2. The van der Waals surface area contributed by atoms with Crippen LogP contribution >= 0.6 is 0 Å². The SMILES string of the molecule is CCC(CNC(=O)CC1(NC(=O)OCC2c3ccccc3-c3ccccc32)CCOCC1)C(=O)O. The number of rotatable bonds is 9. The largest absolute Gasteiger partial charge is 0.481 e. The van der Waals surface area contributed by atoms with Crippen LogP contribution in [0.3, 0.4) is 0 Å². The van der Waals surface area contributed by atoms with Crippen LogP contribution in [0.25, 0.3) is 11.1 Å². The summed E-state index contributed by atoms with van der Waals surface area (Å²) in [7, 11) is 0. The highest BCUT2D eigenvalue weighted by atomic mass is 16.5. The summed E-state index contributed by atoms with van der Waals surface area (Å²) in [5, 5.41) is 14.9. The maximum Gasteiger partial charge on any atom is 0.407 e. The Morgan fingerprint density at radius 2 is 1.66 bits per heavy atom. The highest BCUT2D eigenvalue weighted by Crippen LogP contribution is 2.44. The Balaban J connectivity index is 1.39. The Bertz CT molecular complexity index is 1030. The van der Waals surface area contributed by atoms with Crippen molar-refractivity contribution in [2.45, 2.75) is 44.1 Å². The summed E-state index contributed by atoms with van der Waals surface area (Å²) in [6.07, 6.45) is 0.837. The predicted octanol–water partition coefficient (Wildman–Crippen LogP) is 3.69. The maximum atomic E-state index is 12.9. The smallest absolute Gasteiger partial charge is 0.407 e. The second kappa shape index (κ2) is 10.9. The molecule has 3 N–H and O–H groups in total. The monoisotopic (exact) mass is 480 g/mol. The lowest BCUT2D eigenvalue weighted by molar-refractivity contribution is -0.141. The van der Waals surface area contributed by atoms with Crippen molar-refractivity contribution in [2.75, 3.05) is 26.4 Å². The normalized spacial score (nSPS) is 17.1. The predicted molar refractivity (Wildman–Crippen MR) is 130 cm³/mol. The summed E-state index contributed by atoms with van der Waals surface area (Å²) in [4.78, 5) is 36.8. The third-order valence-electron chi connectivity index (χ3n) is 7.05. The molecule has 1 heterocycles. The Morgan fingerprint density at radius 1 is 1.06 bits per heavy atom. The van der Waals surface area contributed by atoms with E-state index in [2.05, 4.69) is 34.9 Å². The van der Waals surface area contributed by atoms with Crippen LogP contribution in [0.1, 0.15) is 49.7 Å². The fraction of sp³-hybridized carbons (Fsp3) is 0.444. The third kappa shape index (κ3) is 5.65. The Kier molecular flexibility index (Phi) is 7.70. The molecule has 1 aliphatic carbocycles. The Labute approximate surface area is 205 Å². The first-order chi connectivity index (χ1) is 16.9. The van der Waals surface area contributed by atoms with Gasteiger partial charge in [0.25, 0.3) is 0 Å². The molecule has 4 rings (SSSR count). The van der Waals surface area contributed by atoms with Gasteiger partial charge in [-0.25, -0.2) is 4.79 Å². The first-order valence-corrected chi connectivity index (χ1v) is 12.1. The van der Waals surface area contributed by atoms with Crippen LogP contribution in [0.5, 0.6) is 0 Å². The van der Waals surface area contributed by atoms with Crippen LogP contribution < -0.4 is 10.6 Å². The molecule has 1 unspecified atom stereocenters. The van der Waals surface area contributed by atoms with Crippen LogP contribution in [0.4, 0.5) is 4.79 Å². The number of carbonyl (C=O) groups is 3. The molecule has 1 aliphatic heterocycles. The Morgan fingerprint density at radius 3 is 2.23 bits per heavy atom. The molecule has 0 bridgehead atoms. The van der Waals surface area contributed by atoms with E-state index in [1.807, 2.05) is 24.3 Å². The lowest BCUT2D eigenvalue weighted by atomic mass is 9.86. The van der Waals surface area contributed by atoms with Gasteiger partial charge in [-0.1, -0.05) is 55.5 Å². The number of ether oxygens (including phenoxy) is 2. The van der Waals surface area contributed by atoms with E-state index in [9.17, 15) is 19.5 Å². The number of carboxylic acid groups (broad SMARTS) is 1. The van der Waals surface area contributed by atoms with Crippen LogP contribution in [0, 0.1) is 5.92 Å². The highest BCUT2D eigenvalue weighted by molar-refractivity contribution is 5.80. The average Bonchev–Trinajstić information content (AvgIpc) is 3.17. The summed E-state index contributed by atoms with van der Waals surface area (Å²) in [5.41, 5.74) is 3.77. The summed E-state index contributed by atoms with van der Waals surface area (Å²) in [5.74, 6) is -1.93. The van der Waals surface area contributed by atoms with E-state index in [-0.39, 0.29) is 31.4 Å². The van der Waals surface area contributed by atoms with Gasteiger partial charge < -0.3 is 25.2 Å². The van der Waals surface area contributed by atoms with Crippen molar-refractivity contribution in [3.8, 4) is 11.1 Å². The van der Waals surface area contributed by atoms with E-state index in [0.717, 1.165) is 22.3 Å². The minimum Gasteiger partial charge on any atom is -0.481 e. The van der Waals surface area contributed by atoms with Crippen LogP contribution in [-0.4, -0.2) is 55.0 Å². The standard InChI is InChI=1S/C27H32N2O6/c1-2-18(25(31)32)16-28-24(30)15-27(11-13-34-14-12-27)29-26(33)35-17-23-21-9-5-3-7-19(21)20-8-4-6-10-22(20)23/h3-10,18,23H,2,11-17H2,1H3,(H,28,30)(H,29,33)(H,31,32). The zero-order valence-electron chi connectivity index (χ0n) is 19.9. The number of carboxylic acids is 1. The molecule has 1 fully saturated rings. The van der Waals surface area contributed by atoms with Gasteiger partial charge in [0.2, 0.25) is 5.91 Å². The molecule has 35 heavy (non-hydrogen) atoms. The van der Waals surface area contributed by atoms with E-state index in [0.29, 0.717) is 32.5 Å². The average molecular weight is 481 g/mol. The van der Waals surface area contributed by atoms with E-state index >= 15 is 0 Å². The third-order valence-corrected chi connectivity index (χ3v) is 7.05. The first-order valence-electron chi connectivity index (χ1n) is 12.1. The molecule has 2 aromatic carbocycles. The van der Waals surface area contributed by atoms with Gasteiger partial charge in [-0.2, -0.15) is 0 Å². The van der Waals surface area contributed by atoms with Gasteiger partial charge in [0, 0.05) is 32.1 Å². The first kappa shape index (κ1) is 24.7. The van der Waals surface area contributed by atoms with Gasteiger partial charge in [0.15, 0.2) is 0 Å². The van der Waals surface area contributed by atoms with Crippen LogP contribution in [0.2, 0.25) is 0 Å². The minimum absolute atomic E-state index is 0.0383. The fourth-order valence-corrected chi connectivity index (χ4v) is 4.97. The lowest BCUT2D eigenvalue weighted by Gasteiger charge is -2.37. The molecule has 2 aromatic rings. The van der Waals surface area contributed by atoms with Gasteiger partial charge in [-0.15, -0.1) is 0 Å². The molecular formula is C27H32N2O6. The molecule has 1 atom stereocenters. The minimum atomic E-state index is -0.939. The van der Waals surface area contributed by atoms with Crippen molar-refractivity contribution < 1.29 is 29.0 Å². The van der Waals surface area contributed by atoms with Crippen molar-refractivity contribution >= 4 is 18.0 Å². The number of carbonyl (C=O) groups excluding carboxylic acids is 2. The number of aliphatic carboxylic acids is 1. The summed E-state index contributed by atoms with van der Waals surface area (Å²) < 4.78 is 11.1. The highest BCUT2D eigenvalue weighted by Gasteiger charge is 2.38. The molecule has 1 saturated heterocycles. The molecule has 8 nitrogen and oxygen atoms in total. The van der Waals surface area contributed by atoms with Gasteiger partial charge in [-0.3, -0.25) is 9.59 Å². The van der Waals surface area contributed by atoms with Crippen molar-refractivity contribution in [1.29, 1.82) is 0 Å². The van der Waals surface area contributed by atoms with Crippen LogP contribution in [-0.2, 0) is 19.1 Å². The molecule has 0 saturated carbocycles. The maximum absolute atomic E-state index is 12.9. The molecule has 0 radical (unpaired) electrons. The van der Waals surface area contributed by atoms with Gasteiger partial charge in [-0.05, 0) is 41.5 Å². The van der Waals surface area contributed by atoms with Crippen molar-refractivity contribution in [1.82, 2.24) is 10.6 Å². The lowest BCUT2D eigenvalue weighted by Crippen LogP contribution is -2.54. The summed E-state index contributed by atoms with van der Waals surface area (Å²) >= 11 is 0. The van der Waals surface area contributed by atoms with Crippen molar-refractivity contribution in [3.63, 3.8) is 0 Å². The number of fused-ring (bicyclic) bond motifs is 3. The van der Waals surface area contributed by atoms with Crippen molar-refractivity contribution in [2.24, 2.45) is 5.92 Å². The molecule has 2 aliphatic rings. The van der Waals surface area contributed by atoms with E-state index < -0.39 is 23.5 Å². The van der Waals surface area contributed by atoms with Gasteiger partial charge >= 0.3 is 12.1 Å². The zero-order valence-corrected chi connectivity index (χ0v) is 19.9. The molecule has 0 spiro atoms. The zero-order chi connectivity index (χ0) is 24.8. The number of alkyl carbamates (subject to hydrolysis) is 1. The molecular weight excluding hydrogens is 448 g/mol. The molecule has 0 aromatic heterocycles. The second-order valence-electron chi connectivity index (χ2n) is 9.27. The summed E-state index contributed by atoms with van der Waals surface area (Å²) in [6.45, 7) is 2.86. The number of amides is 2. The van der Waals surface area contributed by atoms with Crippen LogP contribution in [0.15, 0.2) is 48.5 Å². The Hall–Kier alpha value is -3.39. The van der Waals surface area contributed by atoms with E-state index in [1.165, 1.54) is 0 Å². The van der Waals surface area contributed by atoms with Gasteiger partial charge in [0.1, 0.15) is 6.61 Å². The number of nitrogens with one attached hydrogen (secondary N) is 2. The topological polar surface area (TPSA) is 114 Å². The van der Waals surface area contributed by atoms with Gasteiger partial charge in [0.05, 0.1) is 11.5 Å². The van der Waals surface area contributed by atoms with Crippen molar-refractivity contribution in [3.05, 3.63) is 59.7 Å². The second-order valence-corrected chi connectivity index (χ2v) is 9.27. The molecule has 186 valence electrons. The number of hydrogen-bond acceptors (Lipinski definition) is 5.